The molecule has 2 saturated heterocycles. The molecule has 0 bridgehead atoms. The quantitative estimate of drug-likeness (QED) is 0.709. The first-order valence-corrected chi connectivity index (χ1v) is 10.5. The topological polar surface area (TPSA) is 76.2 Å². The second-order valence-corrected chi connectivity index (χ2v) is 8.12. The molecule has 3 fully saturated rings. The number of piperidine rings is 1. The van der Waals surface area contributed by atoms with Crippen molar-refractivity contribution in [3.63, 3.8) is 0 Å². The predicted molar refractivity (Wildman–Crippen MR) is 105 cm³/mol. The van der Waals surface area contributed by atoms with Crippen molar-refractivity contribution in [2.24, 2.45) is 5.92 Å². The van der Waals surface area contributed by atoms with E-state index in [1.165, 1.54) is 7.11 Å². The van der Waals surface area contributed by atoms with Gasteiger partial charge in [-0.1, -0.05) is 0 Å². The van der Waals surface area contributed by atoms with Crippen LogP contribution in [0.5, 0.6) is 5.75 Å². The van der Waals surface area contributed by atoms with Gasteiger partial charge in [0.25, 0.3) is 5.91 Å². The van der Waals surface area contributed by atoms with Gasteiger partial charge in [0.2, 0.25) is 5.91 Å². The summed E-state index contributed by atoms with van der Waals surface area (Å²) < 4.78 is 10.9. The molecule has 2 amide bonds. The molecule has 156 valence electrons. The number of benzene rings is 1. The normalized spacial score (nSPS) is 22.4. The van der Waals surface area contributed by atoms with E-state index in [1.54, 1.807) is 29.2 Å². The summed E-state index contributed by atoms with van der Waals surface area (Å²) in [6, 6.07) is 6.61. The first-order chi connectivity index (χ1) is 14.1. The molecule has 1 aromatic carbocycles. The third kappa shape index (κ3) is 4.38. The van der Waals surface area contributed by atoms with E-state index in [9.17, 15) is 14.4 Å². The summed E-state index contributed by atoms with van der Waals surface area (Å²) in [6.45, 7) is 2.07. The number of esters is 1. The van der Waals surface area contributed by atoms with Crippen molar-refractivity contribution < 1.29 is 23.9 Å². The first kappa shape index (κ1) is 19.7. The highest BCUT2D eigenvalue weighted by atomic mass is 16.5. The van der Waals surface area contributed by atoms with Crippen LogP contribution in [0.15, 0.2) is 24.3 Å². The number of rotatable bonds is 5. The number of hydrogen-bond acceptors (Lipinski definition) is 5. The van der Waals surface area contributed by atoms with E-state index >= 15 is 0 Å². The molecule has 1 atom stereocenters. The highest BCUT2D eigenvalue weighted by Crippen LogP contribution is 2.32. The summed E-state index contributed by atoms with van der Waals surface area (Å²) in [5.41, 5.74) is 0.540. The molecule has 2 aliphatic heterocycles. The Morgan fingerprint density at radius 2 is 1.62 bits per heavy atom. The largest absolute Gasteiger partial charge is 0.490 e. The zero-order valence-electron chi connectivity index (χ0n) is 16.8. The highest BCUT2D eigenvalue weighted by Gasteiger charge is 2.36. The zero-order chi connectivity index (χ0) is 20.4. The van der Waals surface area contributed by atoms with Gasteiger partial charge in [-0.3, -0.25) is 9.59 Å². The van der Waals surface area contributed by atoms with Crippen molar-refractivity contribution in [2.45, 2.75) is 50.7 Å². The van der Waals surface area contributed by atoms with Crippen molar-refractivity contribution in [3.8, 4) is 5.75 Å². The van der Waals surface area contributed by atoms with Crippen LogP contribution in [0.1, 0.15) is 48.9 Å². The standard InChI is InChI=1S/C22H28N2O5/c1-28-22(27)19-3-2-12-24(19)21(26)16-6-8-17(9-7-16)29-18-10-13-23(14-11-18)20(25)15-4-5-15/h6-9,15,18-19H,2-5,10-14H2,1H3/t19-/m0/s1. The van der Waals surface area contributed by atoms with Crippen LogP contribution in [0.25, 0.3) is 0 Å². The molecule has 0 spiro atoms. The predicted octanol–water partition coefficient (Wildman–Crippen LogP) is 2.24. The van der Waals surface area contributed by atoms with Crippen molar-refractivity contribution >= 4 is 17.8 Å². The number of likely N-dealkylation sites (tertiary alicyclic amines) is 2. The Morgan fingerprint density at radius 3 is 2.24 bits per heavy atom. The van der Waals surface area contributed by atoms with E-state index in [-0.39, 0.29) is 23.9 Å². The average Bonchev–Trinajstić information content (AvgIpc) is 3.49. The van der Waals surface area contributed by atoms with Crippen LogP contribution in [-0.4, -0.2) is 66.5 Å². The van der Waals surface area contributed by atoms with Gasteiger partial charge in [0.05, 0.1) is 7.11 Å². The summed E-state index contributed by atoms with van der Waals surface area (Å²) in [6.07, 6.45) is 5.26. The minimum Gasteiger partial charge on any atom is -0.490 e. The van der Waals surface area contributed by atoms with E-state index < -0.39 is 6.04 Å². The number of carbonyl (C=O) groups is 3. The number of amides is 2. The monoisotopic (exact) mass is 400 g/mol. The minimum atomic E-state index is -0.494. The van der Waals surface area contributed by atoms with Crippen LogP contribution in [0, 0.1) is 5.92 Å². The lowest BCUT2D eigenvalue weighted by atomic mass is 10.1. The SMILES string of the molecule is COC(=O)[C@@H]1CCCN1C(=O)c1ccc(OC2CCN(C(=O)C3CC3)CC2)cc1. The molecule has 3 aliphatic rings. The Bertz CT molecular complexity index is 766. The maximum absolute atomic E-state index is 12.8. The van der Waals surface area contributed by atoms with Crippen LogP contribution in [0.4, 0.5) is 0 Å². The molecule has 0 N–H and O–H groups in total. The van der Waals surface area contributed by atoms with Crippen molar-refractivity contribution in [3.05, 3.63) is 29.8 Å². The molecule has 1 aliphatic carbocycles. The van der Waals surface area contributed by atoms with E-state index in [0.29, 0.717) is 24.4 Å². The van der Waals surface area contributed by atoms with Gasteiger partial charge in [0.15, 0.2) is 0 Å². The first-order valence-electron chi connectivity index (χ1n) is 10.5. The summed E-state index contributed by atoms with van der Waals surface area (Å²) in [4.78, 5) is 40.4. The third-order valence-electron chi connectivity index (χ3n) is 6.07. The lowest BCUT2D eigenvalue weighted by molar-refractivity contribution is -0.145. The van der Waals surface area contributed by atoms with Crippen LogP contribution in [-0.2, 0) is 14.3 Å². The molecule has 29 heavy (non-hydrogen) atoms. The lowest BCUT2D eigenvalue weighted by Crippen LogP contribution is -2.42. The molecule has 7 nitrogen and oxygen atoms in total. The molecular weight excluding hydrogens is 372 g/mol. The zero-order valence-corrected chi connectivity index (χ0v) is 16.8. The molecule has 7 heteroatoms. The van der Waals surface area contributed by atoms with Crippen LogP contribution >= 0.6 is 0 Å². The highest BCUT2D eigenvalue weighted by molar-refractivity contribution is 5.97. The van der Waals surface area contributed by atoms with Gasteiger partial charge in [0.1, 0.15) is 17.9 Å². The van der Waals surface area contributed by atoms with Gasteiger partial charge in [-0.2, -0.15) is 0 Å². The van der Waals surface area contributed by atoms with Crippen molar-refractivity contribution in [1.82, 2.24) is 9.80 Å². The fourth-order valence-electron chi connectivity index (χ4n) is 4.21. The fraction of sp³-hybridized carbons (Fsp3) is 0.591. The van der Waals surface area contributed by atoms with Crippen LogP contribution in [0.2, 0.25) is 0 Å². The van der Waals surface area contributed by atoms with E-state index in [0.717, 1.165) is 50.9 Å². The van der Waals surface area contributed by atoms with Gasteiger partial charge in [-0.25, -0.2) is 4.79 Å². The molecule has 2 heterocycles. The van der Waals surface area contributed by atoms with Crippen molar-refractivity contribution in [1.29, 1.82) is 0 Å². The Labute approximate surface area is 170 Å². The van der Waals surface area contributed by atoms with E-state index in [1.807, 2.05) is 4.90 Å². The van der Waals surface area contributed by atoms with Crippen LogP contribution in [0.3, 0.4) is 0 Å². The Balaban J connectivity index is 1.31. The molecule has 0 unspecified atom stereocenters. The number of carbonyl (C=O) groups excluding carboxylic acids is 3. The smallest absolute Gasteiger partial charge is 0.328 e. The number of methoxy groups -OCH3 is 1. The van der Waals surface area contributed by atoms with E-state index in [2.05, 4.69) is 0 Å². The minimum absolute atomic E-state index is 0.0853. The van der Waals surface area contributed by atoms with Gasteiger partial charge >= 0.3 is 5.97 Å². The Hall–Kier alpha value is -2.57. The summed E-state index contributed by atoms with van der Waals surface area (Å²) >= 11 is 0. The molecule has 4 rings (SSSR count). The Morgan fingerprint density at radius 1 is 0.931 bits per heavy atom. The Kier molecular flexibility index (Phi) is 5.74. The molecule has 0 aromatic heterocycles. The van der Waals surface area contributed by atoms with Gasteiger partial charge in [-0.05, 0) is 49.9 Å². The second-order valence-electron chi connectivity index (χ2n) is 8.12. The average molecular weight is 400 g/mol. The number of hydrogen-bond donors (Lipinski definition) is 0. The van der Waals surface area contributed by atoms with E-state index in [4.69, 9.17) is 9.47 Å². The summed E-state index contributed by atoms with van der Waals surface area (Å²) in [5.74, 6) is 0.781. The molecule has 1 aromatic rings. The number of nitrogens with zero attached hydrogens (tertiary/aromatic N) is 2. The molecule has 1 saturated carbocycles. The third-order valence-corrected chi connectivity index (χ3v) is 6.07. The van der Waals surface area contributed by atoms with Gasteiger partial charge < -0.3 is 19.3 Å². The maximum Gasteiger partial charge on any atom is 0.328 e. The second kappa shape index (κ2) is 8.43. The van der Waals surface area contributed by atoms with Crippen molar-refractivity contribution in [2.75, 3.05) is 26.7 Å². The maximum atomic E-state index is 12.8. The summed E-state index contributed by atoms with van der Waals surface area (Å²) in [7, 11) is 1.35. The van der Waals surface area contributed by atoms with Crippen LogP contribution < -0.4 is 4.74 Å². The number of ether oxygens (including phenoxy) is 2. The fourth-order valence-corrected chi connectivity index (χ4v) is 4.21. The van der Waals surface area contributed by atoms with Gasteiger partial charge in [-0.15, -0.1) is 0 Å². The summed E-state index contributed by atoms with van der Waals surface area (Å²) in [5, 5.41) is 0. The lowest BCUT2D eigenvalue weighted by Gasteiger charge is -2.32. The molecular formula is C22H28N2O5. The molecule has 0 radical (unpaired) electrons. The van der Waals surface area contributed by atoms with Gasteiger partial charge in [0, 0.05) is 44.0 Å².